The van der Waals surface area contributed by atoms with Crippen molar-refractivity contribution in [2.75, 3.05) is 0 Å². The molecule has 4 saturated carbocycles. The van der Waals surface area contributed by atoms with E-state index in [1.165, 1.54) is 0 Å². The van der Waals surface area contributed by atoms with Gasteiger partial charge >= 0.3 is 0 Å². The molecule has 0 aliphatic heterocycles. The van der Waals surface area contributed by atoms with Crippen LogP contribution in [-0.2, 0) is 14.4 Å². The minimum Gasteiger partial charge on any atom is -0.300 e. The van der Waals surface area contributed by atoms with Crippen molar-refractivity contribution >= 4 is 17.3 Å². The summed E-state index contributed by atoms with van der Waals surface area (Å²) >= 11 is 0. The SMILES string of the molecule is CC(=O)[C@@H]1CC[C@@H]2[C@H]3CC(=O)[C@@H]4CC(=O)CC[C@]4(C)[C@@H]3CC[C@@]21C. The van der Waals surface area contributed by atoms with E-state index in [1.807, 2.05) is 0 Å². The van der Waals surface area contributed by atoms with Crippen molar-refractivity contribution in [1.29, 1.82) is 0 Å². The van der Waals surface area contributed by atoms with E-state index < -0.39 is 0 Å². The molecule has 0 bridgehead atoms. The standard InChI is InChI=1S/C21H30O3/c1-12(22)15-4-5-16-14-11-19(24)18-10-13(23)6-8-21(18,3)17(14)7-9-20(15,16)2/h14-18H,4-11H2,1-3H3/t14-,15+,16-,17-,18+,20-,21-/m1/s1. The Morgan fingerprint density at radius 3 is 2.38 bits per heavy atom. The number of hydrogen-bond acceptors (Lipinski definition) is 3. The fourth-order valence-corrected chi connectivity index (χ4v) is 7.50. The highest BCUT2D eigenvalue weighted by molar-refractivity contribution is 5.91. The molecule has 24 heavy (non-hydrogen) atoms. The first-order chi connectivity index (χ1) is 11.3. The number of rotatable bonds is 1. The van der Waals surface area contributed by atoms with E-state index in [0.717, 1.165) is 32.1 Å². The third-order valence-corrected chi connectivity index (χ3v) is 8.77. The van der Waals surface area contributed by atoms with Crippen LogP contribution in [0.3, 0.4) is 0 Å². The third-order valence-electron chi connectivity index (χ3n) is 8.77. The molecule has 4 aliphatic rings. The first-order valence-electron chi connectivity index (χ1n) is 9.82. The van der Waals surface area contributed by atoms with E-state index in [9.17, 15) is 14.4 Å². The van der Waals surface area contributed by atoms with Crippen LogP contribution in [0.4, 0.5) is 0 Å². The molecule has 3 heteroatoms. The number of ketones is 3. The summed E-state index contributed by atoms with van der Waals surface area (Å²) in [5, 5.41) is 0. The zero-order chi connectivity index (χ0) is 17.3. The van der Waals surface area contributed by atoms with Crippen LogP contribution in [-0.4, -0.2) is 17.3 Å². The lowest BCUT2D eigenvalue weighted by atomic mass is 9.44. The van der Waals surface area contributed by atoms with E-state index in [0.29, 0.717) is 48.6 Å². The van der Waals surface area contributed by atoms with Crippen LogP contribution in [0, 0.1) is 40.4 Å². The molecular formula is C21H30O3. The number of Topliss-reactive ketones (excluding diaryl/α,β-unsaturated/α-hetero) is 3. The molecule has 4 fully saturated rings. The van der Waals surface area contributed by atoms with Crippen molar-refractivity contribution in [3.63, 3.8) is 0 Å². The van der Waals surface area contributed by atoms with Gasteiger partial charge in [-0.15, -0.1) is 0 Å². The van der Waals surface area contributed by atoms with Crippen molar-refractivity contribution in [3.05, 3.63) is 0 Å². The van der Waals surface area contributed by atoms with Gasteiger partial charge in [0, 0.05) is 31.1 Å². The van der Waals surface area contributed by atoms with Crippen LogP contribution >= 0.6 is 0 Å². The predicted octanol–water partition coefficient (Wildman–Crippen LogP) is 3.98. The van der Waals surface area contributed by atoms with Crippen molar-refractivity contribution in [3.8, 4) is 0 Å². The lowest BCUT2D eigenvalue weighted by Crippen LogP contribution is -2.56. The average molecular weight is 330 g/mol. The second kappa shape index (κ2) is 5.25. The van der Waals surface area contributed by atoms with Gasteiger partial charge in [0.1, 0.15) is 17.3 Å². The molecule has 0 aromatic heterocycles. The average Bonchev–Trinajstić information content (AvgIpc) is 2.87. The molecule has 0 spiro atoms. The number of fused-ring (bicyclic) bond motifs is 5. The van der Waals surface area contributed by atoms with Gasteiger partial charge in [-0.25, -0.2) is 0 Å². The Morgan fingerprint density at radius 2 is 1.67 bits per heavy atom. The first-order valence-corrected chi connectivity index (χ1v) is 9.82. The second-order valence-corrected chi connectivity index (χ2v) is 9.63. The van der Waals surface area contributed by atoms with E-state index >= 15 is 0 Å². The van der Waals surface area contributed by atoms with Crippen LogP contribution in [0.15, 0.2) is 0 Å². The summed E-state index contributed by atoms with van der Waals surface area (Å²) in [6, 6.07) is 0. The Balaban J connectivity index is 1.68. The van der Waals surface area contributed by atoms with E-state index in [4.69, 9.17) is 0 Å². The summed E-state index contributed by atoms with van der Waals surface area (Å²) in [7, 11) is 0. The molecule has 4 rings (SSSR count). The van der Waals surface area contributed by atoms with E-state index in [-0.39, 0.29) is 28.4 Å². The number of carbonyl (C=O) groups is 3. The van der Waals surface area contributed by atoms with Crippen molar-refractivity contribution in [2.24, 2.45) is 40.4 Å². The minimum atomic E-state index is -0.0330. The van der Waals surface area contributed by atoms with E-state index in [1.54, 1.807) is 6.92 Å². The minimum absolute atomic E-state index is 0.0174. The quantitative estimate of drug-likeness (QED) is 0.730. The molecule has 0 aromatic rings. The number of hydrogen-bond donors (Lipinski definition) is 0. The summed E-state index contributed by atoms with van der Waals surface area (Å²) in [6.07, 6.45) is 7.05. The van der Waals surface area contributed by atoms with Crippen molar-refractivity contribution in [2.45, 2.75) is 72.1 Å². The Morgan fingerprint density at radius 1 is 0.958 bits per heavy atom. The summed E-state index contributed by atoms with van der Waals surface area (Å²) < 4.78 is 0. The normalized spacial score (nSPS) is 50.9. The maximum Gasteiger partial charge on any atom is 0.137 e. The lowest BCUT2D eigenvalue weighted by Gasteiger charge is -2.59. The molecule has 0 heterocycles. The Hall–Kier alpha value is -0.990. The van der Waals surface area contributed by atoms with Gasteiger partial charge in [-0.3, -0.25) is 14.4 Å². The summed E-state index contributed by atoms with van der Waals surface area (Å²) in [5.74, 6) is 2.64. The van der Waals surface area contributed by atoms with Crippen LogP contribution in [0.1, 0.15) is 72.1 Å². The molecule has 4 aliphatic carbocycles. The Labute approximate surface area is 144 Å². The van der Waals surface area contributed by atoms with Crippen LogP contribution < -0.4 is 0 Å². The van der Waals surface area contributed by atoms with Crippen molar-refractivity contribution < 1.29 is 14.4 Å². The highest BCUT2D eigenvalue weighted by atomic mass is 16.1. The Kier molecular flexibility index (Phi) is 3.61. The highest BCUT2D eigenvalue weighted by Crippen LogP contribution is 2.66. The molecule has 0 amide bonds. The number of carbonyl (C=O) groups excluding carboxylic acids is 3. The molecule has 3 nitrogen and oxygen atoms in total. The monoisotopic (exact) mass is 330 g/mol. The topological polar surface area (TPSA) is 51.2 Å². The van der Waals surface area contributed by atoms with E-state index in [2.05, 4.69) is 13.8 Å². The molecule has 7 atom stereocenters. The fourth-order valence-electron chi connectivity index (χ4n) is 7.50. The van der Waals surface area contributed by atoms with Gasteiger partial charge in [0.2, 0.25) is 0 Å². The molecule has 132 valence electrons. The second-order valence-electron chi connectivity index (χ2n) is 9.63. The highest BCUT2D eigenvalue weighted by Gasteiger charge is 2.62. The van der Waals surface area contributed by atoms with Gasteiger partial charge in [0.25, 0.3) is 0 Å². The van der Waals surface area contributed by atoms with Crippen LogP contribution in [0.2, 0.25) is 0 Å². The fraction of sp³-hybridized carbons (Fsp3) is 0.857. The van der Waals surface area contributed by atoms with Crippen LogP contribution in [0.5, 0.6) is 0 Å². The maximum atomic E-state index is 12.9. The zero-order valence-electron chi connectivity index (χ0n) is 15.3. The Bertz CT molecular complexity index is 608. The smallest absolute Gasteiger partial charge is 0.137 e. The largest absolute Gasteiger partial charge is 0.300 e. The summed E-state index contributed by atoms with van der Waals surface area (Å²) in [5.41, 5.74) is 0.116. The van der Waals surface area contributed by atoms with Gasteiger partial charge in [-0.1, -0.05) is 13.8 Å². The van der Waals surface area contributed by atoms with Gasteiger partial charge in [0.05, 0.1) is 0 Å². The summed E-state index contributed by atoms with van der Waals surface area (Å²) in [6.45, 7) is 6.36. The predicted molar refractivity (Wildman–Crippen MR) is 91.3 cm³/mol. The molecule has 0 unspecified atom stereocenters. The third kappa shape index (κ3) is 2.05. The lowest BCUT2D eigenvalue weighted by molar-refractivity contribution is -0.159. The first kappa shape index (κ1) is 16.5. The summed E-state index contributed by atoms with van der Waals surface area (Å²) in [4.78, 5) is 37.0. The van der Waals surface area contributed by atoms with Gasteiger partial charge in [0.15, 0.2) is 0 Å². The maximum absolute atomic E-state index is 12.9. The molecule has 0 N–H and O–H groups in total. The van der Waals surface area contributed by atoms with Crippen LogP contribution in [0.25, 0.3) is 0 Å². The van der Waals surface area contributed by atoms with Gasteiger partial charge in [-0.2, -0.15) is 0 Å². The molecule has 0 radical (unpaired) electrons. The zero-order valence-corrected chi connectivity index (χ0v) is 15.3. The molecule has 0 saturated heterocycles. The molecular weight excluding hydrogens is 300 g/mol. The van der Waals surface area contributed by atoms with Gasteiger partial charge in [-0.05, 0) is 67.6 Å². The van der Waals surface area contributed by atoms with Gasteiger partial charge < -0.3 is 0 Å². The van der Waals surface area contributed by atoms with Crippen molar-refractivity contribution in [1.82, 2.24) is 0 Å². The molecule has 0 aromatic carbocycles.